The Hall–Kier alpha value is -2.08. The average Bonchev–Trinajstić information content (AvgIpc) is 3.49. The zero-order chi connectivity index (χ0) is 20.9. The first kappa shape index (κ1) is 21.2. The summed E-state index contributed by atoms with van der Waals surface area (Å²) in [6.07, 6.45) is 9.11. The first-order valence-electron chi connectivity index (χ1n) is 11.6. The molecule has 3 fully saturated rings. The van der Waals surface area contributed by atoms with E-state index in [-0.39, 0.29) is 17.9 Å². The third-order valence-electron chi connectivity index (χ3n) is 7.20. The second-order valence-electron chi connectivity index (χ2n) is 9.05. The van der Waals surface area contributed by atoms with Gasteiger partial charge in [-0.25, -0.2) is 0 Å². The molecule has 1 aromatic rings. The smallest absolute Gasteiger partial charge is 0.242 e. The van der Waals surface area contributed by atoms with Crippen molar-refractivity contribution in [1.82, 2.24) is 9.80 Å². The van der Waals surface area contributed by atoms with Gasteiger partial charge in [-0.2, -0.15) is 0 Å². The molecule has 3 aliphatic rings. The van der Waals surface area contributed by atoms with Gasteiger partial charge in [-0.05, 0) is 55.9 Å². The Morgan fingerprint density at radius 1 is 0.933 bits per heavy atom. The van der Waals surface area contributed by atoms with Crippen LogP contribution in [0.3, 0.4) is 0 Å². The van der Waals surface area contributed by atoms with Gasteiger partial charge in [-0.3, -0.25) is 14.5 Å². The third-order valence-corrected chi connectivity index (χ3v) is 7.20. The maximum atomic E-state index is 13.3. The Labute approximate surface area is 179 Å². The van der Waals surface area contributed by atoms with Crippen LogP contribution in [0.25, 0.3) is 0 Å². The fourth-order valence-corrected chi connectivity index (χ4v) is 5.49. The molecule has 4 rings (SSSR count). The van der Waals surface area contributed by atoms with Crippen molar-refractivity contribution in [2.24, 2.45) is 11.8 Å². The SMILES string of the molecule is COc1ccc(NC(=O)C(C2CCCC2)N2CCN(C(=O)C3CCCC3)CC2)cc1. The number of hydrogen-bond acceptors (Lipinski definition) is 4. The maximum absolute atomic E-state index is 13.3. The van der Waals surface area contributed by atoms with Gasteiger partial charge in [0.1, 0.15) is 5.75 Å². The van der Waals surface area contributed by atoms with Gasteiger partial charge < -0.3 is 15.0 Å². The van der Waals surface area contributed by atoms with Crippen molar-refractivity contribution < 1.29 is 14.3 Å². The number of carbonyl (C=O) groups excluding carboxylic acids is 2. The number of carbonyl (C=O) groups is 2. The Bertz CT molecular complexity index is 716. The van der Waals surface area contributed by atoms with Crippen LogP contribution < -0.4 is 10.1 Å². The second-order valence-corrected chi connectivity index (χ2v) is 9.05. The van der Waals surface area contributed by atoms with Gasteiger partial charge in [-0.15, -0.1) is 0 Å². The van der Waals surface area contributed by atoms with Gasteiger partial charge >= 0.3 is 0 Å². The van der Waals surface area contributed by atoms with E-state index >= 15 is 0 Å². The number of nitrogens with one attached hydrogen (secondary N) is 1. The molecule has 0 aromatic heterocycles. The number of methoxy groups -OCH3 is 1. The van der Waals surface area contributed by atoms with Crippen LogP contribution in [0, 0.1) is 11.8 Å². The topological polar surface area (TPSA) is 61.9 Å². The van der Waals surface area contributed by atoms with E-state index in [9.17, 15) is 9.59 Å². The first-order chi connectivity index (χ1) is 14.7. The van der Waals surface area contributed by atoms with Crippen molar-refractivity contribution >= 4 is 17.5 Å². The van der Waals surface area contributed by atoms with E-state index in [0.717, 1.165) is 63.3 Å². The highest BCUT2D eigenvalue weighted by atomic mass is 16.5. The molecule has 30 heavy (non-hydrogen) atoms. The van der Waals surface area contributed by atoms with E-state index in [0.29, 0.717) is 11.8 Å². The van der Waals surface area contributed by atoms with Gasteiger partial charge in [0.25, 0.3) is 0 Å². The molecule has 1 unspecified atom stereocenters. The average molecular weight is 414 g/mol. The van der Waals surface area contributed by atoms with Crippen molar-refractivity contribution in [3.05, 3.63) is 24.3 Å². The quantitative estimate of drug-likeness (QED) is 0.775. The molecular weight excluding hydrogens is 378 g/mol. The largest absolute Gasteiger partial charge is 0.497 e. The molecule has 0 bridgehead atoms. The number of nitrogens with zero attached hydrogens (tertiary/aromatic N) is 2. The number of rotatable bonds is 6. The number of amides is 2. The predicted molar refractivity (Wildman–Crippen MR) is 117 cm³/mol. The molecule has 2 amide bonds. The molecule has 2 saturated carbocycles. The number of anilines is 1. The number of benzene rings is 1. The van der Waals surface area contributed by atoms with Crippen LogP contribution >= 0.6 is 0 Å². The van der Waals surface area contributed by atoms with Crippen molar-refractivity contribution in [2.75, 3.05) is 38.6 Å². The summed E-state index contributed by atoms with van der Waals surface area (Å²) in [5.74, 6) is 1.85. The van der Waals surface area contributed by atoms with Gasteiger partial charge in [0.05, 0.1) is 13.2 Å². The summed E-state index contributed by atoms with van der Waals surface area (Å²) >= 11 is 0. The number of ether oxygens (including phenoxy) is 1. The van der Waals surface area contributed by atoms with Crippen LogP contribution in [0.1, 0.15) is 51.4 Å². The van der Waals surface area contributed by atoms with Crippen LogP contribution in [0.2, 0.25) is 0 Å². The molecule has 0 spiro atoms. The second kappa shape index (κ2) is 9.82. The van der Waals surface area contributed by atoms with Gasteiger partial charge in [-0.1, -0.05) is 25.7 Å². The standard InChI is InChI=1S/C24H35N3O3/c1-30-21-12-10-20(11-13-21)25-23(28)22(18-6-2-3-7-18)26-14-16-27(17-15-26)24(29)19-8-4-5-9-19/h10-13,18-19,22H,2-9,14-17H2,1H3,(H,25,28). The Balaban J connectivity index is 1.39. The summed E-state index contributed by atoms with van der Waals surface area (Å²) in [5, 5.41) is 3.13. The lowest BCUT2D eigenvalue weighted by Crippen LogP contribution is -2.57. The molecule has 2 aliphatic carbocycles. The maximum Gasteiger partial charge on any atom is 0.242 e. The molecule has 1 heterocycles. The summed E-state index contributed by atoms with van der Waals surface area (Å²) in [6, 6.07) is 7.40. The summed E-state index contributed by atoms with van der Waals surface area (Å²) in [4.78, 5) is 30.5. The normalized spacial score (nSPS) is 22.2. The third kappa shape index (κ3) is 4.80. The molecule has 1 atom stereocenters. The lowest BCUT2D eigenvalue weighted by molar-refractivity contribution is -0.138. The van der Waals surface area contributed by atoms with Crippen molar-refractivity contribution in [2.45, 2.75) is 57.4 Å². The highest BCUT2D eigenvalue weighted by molar-refractivity contribution is 5.95. The van der Waals surface area contributed by atoms with E-state index < -0.39 is 0 Å². The summed E-state index contributed by atoms with van der Waals surface area (Å²) in [6.45, 7) is 3.06. The Kier molecular flexibility index (Phi) is 6.93. The minimum absolute atomic E-state index is 0.0858. The van der Waals surface area contributed by atoms with Crippen LogP contribution in [-0.2, 0) is 9.59 Å². The van der Waals surface area contributed by atoms with Gasteiger partial charge in [0.15, 0.2) is 0 Å². The summed E-state index contributed by atoms with van der Waals surface area (Å²) in [5.41, 5.74) is 0.804. The van der Waals surface area contributed by atoms with Crippen molar-refractivity contribution in [1.29, 1.82) is 0 Å². The Morgan fingerprint density at radius 2 is 1.53 bits per heavy atom. The van der Waals surface area contributed by atoms with Crippen LogP contribution in [0.5, 0.6) is 5.75 Å². The zero-order valence-corrected chi connectivity index (χ0v) is 18.1. The number of piperazine rings is 1. The lowest BCUT2D eigenvalue weighted by Gasteiger charge is -2.41. The number of hydrogen-bond donors (Lipinski definition) is 1. The monoisotopic (exact) mass is 413 g/mol. The predicted octanol–water partition coefficient (Wildman–Crippen LogP) is 3.53. The minimum atomic E-state index is -0.113. The van der Waals surface area contributed by atoms with Crippen LogP contribution in [0.4, 0.5) is 5.69 Å². The molecule has 164 valence electrons. The molecule has 1 aromatic carbocycles. The fourth-order valence-electron chi connectivity index (χ4n) is 5.49. The van der Waals surface area contributed by atoms with Crippen LogP contribution in [0.15, 0.2) is 24.3 Å². The zero-order valence-electron chi connectivity index (χ0n) is 18.1. The molecule has 6 nitrogen and oxygen atoms in total. The lowest BCUT2D eigenvalue weighted by atomic mass is 9.94. The summed E-state index contributed by atoms with van der Waals surface area (Å²) in [7, 11) is 1.64. The molecule has 6 heteroatoms. The van der Waals surface area contributed by atoms with E-state index in [1.807, 2.05) is 29.2 Å². The molecule has 1 saturated heterocycles. The molecule has 1 N–H and O–H groups in total. The van der Waals surface area contributed by atoms with E-state index in [2.05, 4.69) is 10.2 Å². The highest BCUT2D eigenvalue weighted by Gasteiger charge is 2.38. The Morgan fingerprint density at radius 3 is 2.13 bits per heavy atom. The van der Waals surface area contributed by atoms with Gasteiger partial charge in [0, 0.05) is 37.8 Å². The summed E-state index contributed by atoms with van der Waals surface area (Å²) < 4.78 is 5.21. The van der Waals surface area contributed by atoms with Crippen LogP contribution in [-0.4, -0.2) is 60.9 Å². The molecule has 0 radical (unpaired) electrons. The first-order valence-corrected chi connectivity index (χ1v) is 11.6. The van der Waals surface area contributed by atoms with E-state index in [1.165, 1.54) is 25.7 Å². The molecule has 1 aliphatic heterocycles. The van der Waals surface area contributed by atoms with E-state index in [1.54, 1.807) is 7.11 Å². The van der Waals surface area contributed by atoms with E-state index in [4.69, 9.17) is 4.74 Å². The van der Waals surface area contributed by atoms with Gasteiger partial charge in [0.2, 0.25) is 11.8 Å². The van der Waals surface area contributed by atoms with Crippen molar-refractivity contribution in [3.63, 3.8) is 0 Å². The molecular formula is C24H35N3O3. The van der Waals surface area contributed by atoms with Crippen molar-refractivity contribution in [3.8, 4) is 5.75 Å². The minimum Gasteiger partial charge on any atom is -0.497 e. The highest BCUT2D eigenvalue weighted by Crippen LogP contribution is 2.32. The fraction of sp³-hybridized carbons (Fsp3) is 0.667.